The van der Waals surface area contributed by atoms with Gasteiger partial charge in [0.2, 0.25) is 5.78 Å². The van der Waals surface area contributed by atoms with Gasteiger partial charge in [-0.1, -0.05) is 0 Å². The zero-order valence-electron chi connectivity index (χ0n) is 8.24. The summed E-state index contributed by atoms with van der Waals surface area (Å²) >= 11 is 0. The van der Waals surface area contributed by atoms with Crippen molar-refractivity contribution in [1.29, 1.82) is 0 Å². The first-order valence-corrected chi connectivity index (χ1v) is 4.70. The Bertz CT molecular complexity index is 371. The monoisotopic (exact) mass is 192 g/mol. The zero-order chi connectivity index (χ0) is 10.1. The SMILES string of the molecule is CCOc1ccc2c(c1)C(=O)C(C)O2. The van der Waals surface area contributed by atoms with Crippen molar-refractivity contribution in [3.8, 4) is 11.5 Å². The summed E-state index contributed by atoms with van der Waals surface area (Å²) in [5, 5.41) is 0. The fourth-order valence-corrected chi connectivity index (χ4v) is 1.52. The van der Waals surface area contributed by atoms with Crippen LogP contribution in [0.4, 0.5) is 0 Å². The van der Waals surface area contributed by atoms with Crippen molar-refractivity contribution >= 4 is 5.78 Å². The van der Waals surface area contributed by atoms with Gasteiger partial charge in [-0.3, -0.25) is 4.79 Å². The molecule has 1 heterocycles. The van der Waals surface area contributed by atoms with Crippen LogP contribution in [-0.2, 0) is 0 Å². The van der Waals surface area contributed by atoms with Crippen molar-refractivity contribution in [2.45, 2.75) is 20.0 Å². The van der Waals surface area contributed by atoms with Crippen molar-refractivity contribution in [1.82, 2.24) is 0 Å². The highest BCUT2D eigenvalue weighted by Crippen LogP contribution is 2.31. The predicted octanol–water partition coefficient (Wildman–Crippen LogP) is 2.05. The summed E-state index contributed by atoms with van der Waals surface area (Å²) in [6.07, 6.45) is -0.359. The number of ketones is 1. The molecule has 0 aliphatic carbocycles. The minimum Gasteiger partial charge on any atom is -0.494 e. The van der Waals surface area contributed by atoms with Gasteiger partial charge in [-0.25, -0.2) is 0 Å². The molecule has 0 saturated carbocycles. The van der Waals surface area contributed by atoms with Crippen LogP contribution in [0.3, 0.4) is 0 Å². The second-order valence-corrected chi connectivity index (χ2v) is 3.22. The Kier molecular flexibility index (Phi) is 2.15. The third-order valence-corrected chi connectivity index (χ3v) is 2.20. The summed E-state index contributed by atoms with van der Waals surface area (Å²) in [5.41, 5.74) is 0.628. The quantitative estimate of drug-likeness (QED) is 0.719. The molecule has 0 aromatic heterocycles. The standard InChI is InChI=1S/C11H12O3/c1-3-13-8-4-5-10-9(6-8)11(12)7(2)14-10/h4-7H,3H2,1-2H3. The van der Waals surface area contributed by atoms with Crippen molar-refractivity contribution in [2.24, 2.45) is 0 Å². The Hall–Kier alpha value is -1.51. The van der Waals surface area contributed by atoms with E-state index in [1.165, 1.54) is 0 Å². The number of carbonyl (C=O) groups is 1. The van der Waals surface area contributed by atoms with Crippen molar-refractivity contribution in [2.75, 3.05) is 6.61 Å². The maximum absolute atomic E-state index is 11.6. The Balaban J connectivity index is 2.36. The van der Waals surface area contributed by atoms with E-state index in [0.29, 0.717) is 17.9 Å². The van der Waals surface area contributed by atoms with Gasteiger partial charge in [0.1, 0.15) is 11.5 Å². The average molecular weight is 192 g/mol. The Labute approximate surface area is 82.6 Å². The van der Waals surface area contributed by atoms with Crippen molar-refractivity contribution < 1.29 is 14.3 Å². The van der Waals surface area contributed by atoms with Gasteiger partial charge in [-0.15, -0.1) is 0 Å². The van der Waals surface area contributed by atoms with E-state index in [2.05, 4.69) is 0 Å². The molecule has 0 spiro atoms. The molecule has 1 unspecified atom stereocenters. The van der Waals surface area contributed by atoms with Crippen LogP contribution >= 0.6 is 0 Å². The van der Waals surface area contributed by atoms with Crippen LogP contribution in [0.25, 0.3) is 0 Å². The van der Waals surface area contributed by atoms with Crippen LogP contribution in [0.5, 0.6) is 11.5 Å². The maximum Gasteiger partial charge on any atom is 0.206 e. The Morgan fingerprint density at radius 3 is 3.00 bits per heavy atom. The number of Topliss-reactive ketones (excluding diaryl/α,β-unsaturated/α-hetero) is 1. The van der Waals surface area contributed by atoms with Crippen LogP contribution < -0.4 is 9.47 Å². The lowest BCUT2D eigenvalue weighted by Crippen LogP contribution is -2.14. The first-order valence-electron chi connectivity index (χ1n) is 4.70. The summed E-state index contributed by atoms with van der Waals surface area (Å²) in [4.78, 5) is 11.6. The number of hydrogen-bond acceptors (Lipinski definition) is 3. The number of rotatable bonds is 2. The molecule has 0 amide bonds. The Morgan fingerprint density at radius 1 is 1.50 bits per heavy atom. The van der Waals surface area contributed by atoms with Crippen LogP contribution in [0.15, 0.2) is 18.2 Å². The van der Waals surface area contributed by atoms with E-state index >= 15 is 0 Å². The zero-order valence-corrected chi connectivity index (χ0v) is 8.24. The third kappa shape index (κ3) is 1.35. The molecule has 0 fully saturated rings. The van der Waals surface area contributed by atoms with Gasteiger partial charge in [0.15, 0.2) is 6.10 Å². The molecule has 14 heavy (non-hydrogen) atoms. The highest BCUT2D eigenvalue weighted by Gasteiger charge is 2.28. The largest absolute Gasteiger partial charge is 0.494 e. The predicted molar refractivity (Wildman–Crippen MR) is 52.0 cm³/mol. The van der Waals surface area contributed by atoms with E-state index in [1.807, 2.05) is 13.0 Å². The lowest BCUT2D eigenvalue weighted by molar-refractivity contribution is 0.0878. The van der Waals surface area contributed by atoms with E-state index in [1.54, 1.807) is 19.1 Å². The van der Waals surface area contributed by atoms with Gasteiger partial charge in [0, 0.05) is 0 Å². The molecule has 0 saturated heterocycles. The van der Waals surface area contributed by atoms with Gasteiger partial charge in [0.25, 0.3) is 0 Å². The molecule has 1 aromatic carbocycles. The molecule has 74 valence electrons. The maximum atomic E-state index is 11.6. The first-order chi connectivity index (χ1) is 6.72. The summed E-state index contributed by atoms with van der Waals surface area (Å²) in [5.74, 6) is 1.41. The molecule has 3 nitrogen and oxygen atoms in total. The topological polar surface area (TPSA) is 35.5 Å². The van der Waals surface area contributed by atoms with Gasteiger partial charge in [-0.2, -0.15) is 0 Å². The number of hydrogen-bond donors (Lipinski definition) is 0. The fraction of sp³-hybridized carbons (Fsp3) is 0.364. The van der Waals surface area contributed by atoms with E-state index in [4.69, 9.17) is 9.47 Å². The van der Waals surface area contributed by atoms with Crippen LogP contribution in [0.2, 0.25) is 0 Å². The fourth-order valence-electron chi connectivity index (χ4n) is 1.52. The molecule has 1 aliphatic heterocycles. The molecule has 0 bridgehead atoms. The van der Waals surface area contributed by atoms with E-state index < -0.39 is 0 Å². The van der Waals surface area contributed by atoms with Gasteiger partial charge in [0.05, 0.1) is 12.2 Å². The second kappa shape index (κ2) is 3.33. The minimum atomic E-state index is -0.359. The number of benzene rings is 1. The Morgan fingerprint density at radius 2 is 2.29 bits per heavy atom. The van der Waals surface area contributed by atoms with Gasteiger partial charge in [-0.05, 0) is 32.0 Å². The molecular formula is C11H12O3. The average Bonchev–Trinajstić information content (AvgIpc) is 2.45. The number of ether oxygens (including phenoxy) is 2. The molecule has 0 N–H and O–H groups in total. The molecule has 0 radical (unpaired) electrons. The van der Waals surface area contributed by atoms with Gasteiger partial charge < -0.3 is 9.47 Å². The first kappa shape index (κ1) is 9.06. The molecule has 1 aromatic rings. The molecule has 2 rings (SSSR count). The summed E-state index contributed by atoms with van der Waals surface area (Å²) < 4.78 is 10.7. The molecule has 3 heteroatoms. The summed E-state index contributed by atoms with van der Waals surface area (Å²) in [6, 6.07) is 5.33. The second-order valence-electron chi connectivity index (χ2n) is 3.22. The highest BCUT2D eigenvalue weighted by molar-refractivity contribution is 6.04. The van der Waals surface area contributed by atoms with E-state index in [0.717, 1.165) is 5.75 Å². The number of fused-ring (bicyclic) bond motifs is 1. The minimum absolute atomic E-state index is 0.0292. The van der Waals surface area contributed by atoms with E-state index in [-0.39, 0.29) is 11.9 Å². The molecular weight excluding hydrogens is 180 g/mol. The summed E-state index contributed by atoms with van der Waals surface area (Å²) in [7, 11) is 0. The molecule has 1 atom stereocenters. The lowest BCUT2D eigenvalue weighted by Gasteiger charge is -2.03. The van der Waals surface area contributed by atoms with Crippen molar-refractivity contribution in [3.63, 3.8) is 0 Å². The van der Waals surface area contributed by atoms with E-state index in [9.17, 15) is 4.79 Å². The smallest absolute Gasteiger partial charge is 0.206 e. The number of carbonyl (C=O) groups excluding carboxylic acids is 1. The highest BCUT2D eigenvalue weighted by atomic mass is 16.5. The van der Waals surface area contributed by atoms with Crippen LogP contribution in [-0.4, -0.2) is 18.5 Å². The third-order valence-electron chi connectivity index (χ3n) is 2.20. The van der Waals surface area contributed by atoms with Crippen molar-refractivity contribution in [3.05, 3.63) is 23.8 Å². The van der Waals surface area contributed by atoms with Crippen LogP contribution in [0.1, 0.15) is 24.2 Å². The van der Waals surface area contributed by atoms with Gasteiger partial charge >= 0.3 is 0 Å². The lowest BCUT2D eigenvalue weighted by atomic mass is 10.1. The normalized spacial score (nSPS) is 19.0. The molecule has 1 aliphatic rings. The summed E-state index contributed by atoms with van der Waals surface area (Å²) in [6.45, 7) is 4.26. The van der Waals surface area contributed by atoms with Crippen LogP contribution in [0, 0.1) is 0 Å².